The molecular weight excluding hydrogens is 370 g/mol. The first-order valence-electron chi connectivity index (χ1n) is 7.50. The van der Waals surface area contributed by atoms with Crippen LogP contribution in [-0.4, -0.2) is 49.8 Å². The van der Waals surface area contributed by atoms with Crippen molar-refractivity contribution in [3.05, 3.63) is 39.9 Å². The number of nitro benzene ring substituents is 1. The minimum Gasteiger partial charge on any atom is -0.459 e. The average molecular weight is 386 g/mol. The molecule has 2 saturated heterocycles. The molecule has 2 N–H and O–H groups in total. The van der Waals surface area contributed by atoms with Crippen LogP contribution in [0.3, 0.4) is 0 Å². The highest BCUT2D eigenvalue weighted by atomic mass is 35.5. The molecule has 0 spiro atoms. The molecular formula is C15H16ClN3O5S. The number of carbonyl (C=O) groups excluding carboxylic acids is 2. The Hall–Kier alpha value is -1.84. The molecule has 1 amide bonds. The van der Waals surface area contributed by atoms with Crippen molar-refractivity contribution in [2.75, 3.05) is 5.75 Å². The third-order valence-electron chi connectivity index (χ3n) is 4.26. The molecule has 134 valence electrons. The van der Waals surface area contributed by atoms with E-state index in [0.29, 0.717) is 11.3 Å². The number of hydrogen-bond donors (Lipinski definition) is 1. The van der Waals surface area contributed by atoms with Crippen LogP contribution in [0.4, 0.5) is 5.69 Å². The number of halogens is 1. The first-order chi connectivity index (χ1) is 11.7. The number of esters is 1. The summed E-state index contributed by atoms with van der Waals surface area (Å²) in [5, 5.41) is 10.4. The number of benzene rings is 1. The predicted octanol–water partition coefficient (Wildman–Crippen LogP) is 1.25. The molecule has 0 bridgehead atoms. The monoisotopic (exact) mass is 385 g/mol. The number of β-lactam (4-membered cyclic amide) rings is 1. The van der Waals surface area contributed by atoms with Gasteiger partial charge < -0.3 is 15.4 Å². The third kappa shape index (κ3) is 3.19. The molecule has 0 aromatic heterocycles. The van der Waals surface area contributed by atoms with Crippen LogP contribution in [0.15, 0.2) is 24.3 Å². The second-order valence-electron chi connectivity index (χ2n) is 6.18. The lowest BCUT2D eigenvalue weighted by molar-refractivity contribution is -0.384. The van der Waals surface area contributed by atoms with Gasteiger partial charge in [-0.3, -0.25) is 14.9 Å². The zero-order chi connectivity index (χ0) is 18.4. The molecule has 4 atom stereocenters. The maximum atomic E-state index is 12.5. The van der Waals surface area contributed by atoms with Crippen LogP contribution in [0.2, 0.25) is 0 Å². The van der Waals surface area contributed by atoms with Crippen molar-refractivity contribution in [1.29, 1.82) is 0 Å². The van der Waals surface area contributed by atoms with Crippen molar-refractivity contribution in [3.63, 3.8) is 0 Å². The van der Waals surface area contributed by atoms with Gasteiger partial charge in [0.2, 0.25) is 5.91 Å². The Bertz CT molecular complexity index is 726. The maximum absolute atomic E-state index is 12.5. The minimum absolute atomic E-state index is 0.0456. The SMILES string of the molecule is C[C@@]1(Cl)CS[C@H]2C(N)C(=O)N2C1C(=O)OCc1ccc([N+](=O)[O-])cc1. The maximum Gasteiger partial charge on any atom is 0.331 e. The number of fused-ring (bicyclic) bond motifs is 1. The molecule has 1 aromatic carbocycles. The summed E-state index contributed by atoms with van der Waals surface area (Å²) in [6.07, 6.45) is 0. The van der Waals surface area contributed by atoms with Crippen LogP contribution in [0.25, 0.3) is 0 Å². The number of nitro groups is 1. The topological polar surface area (TPSA) is 116 Å². The van der Waals surface area contributed by atoms with Gasteiger partial charge in [-0.2, -0.15) is 0 Å². The molecule has 0 radical (unpaired) electrons. The van der Waals surface area contributed by atoms with Gasteiger partial charge in [-0.15, -0.1) is 23.4 Å². The Morgan fingerprint density at radius 2 is 2.16 bits per heavy atom. The molecule has 2 aliphatic heterocycles. The summed E-state index contributed by atoms with van der Waals surface area (Å²) < 4.78 is 5.30. The fourth-order valence-electron chi connectivity index (χ4n) is 2.89. The molecule has 2 unspecified atom stereocenters. The standard InChI is InChI=1S/C15H16ClN3O5S/c1-15(16)7-25-13-10(17)12(20)18(13)11(15)14(21)24-6-8-2-4-9(5-3-8)19(22)23/h2-5,10-11,13H,6-7,17H2,1H3/t10?,11?,13-,15+/m0/s1. The van der Waals surface area contributed by atoms with Gasteiger partial charge >= 0.3 is 5.97 Å². The Morgan fingerprint density at radius 1 is 1.52 bits per heavy atom. The molecule has 2 fully saturated rings. The summed E-state index contributed by atoms with van der Waals surface area (Å²) in [4.78, 5) is 35.2. The summed E-state index contributed by atoms with van der Waals surface area (Å²) in [6.45, 7) is 1.62. The number of hydrogen-bond acceptors (Lipinski definition) is 7. The molecule has 8 nitrogen and oxygen atoms in total. The van der Waals surface area contributed by atoms with Gasteiger partial charge in [-0.1, -0.05) is 0 Å². The van der Waals surface area contributed by atoms with E-state index in [-0.39, 0.29) is 23.6 Å². The highest BCUT2D eigenvalue weighted by molar-refractivity contribution is 8.00. The van der Waals surface area contributed by atoms with Gasteiger partial charge in [0.15, 0.2) is 6.04 Å². The first-order valence-corrected chi connectivity index (χ1v) is 8.93. The van der Waals surface area contributed by atoms with Crippen molar-refractivity contribution in [1.82, 2.24) is 4.90 Å². The van der Waals surface area contributed by atoms with Crippen molar-refractivity contribution in [2.45, 2.75) is 35.9 Å². The second kappa shape index (κ2) is 6.47. The molecule has 0 saturated carbocycles. The van der Waals surface area contributed by atoms with Crippen LogP contribution >= 0.6 is 23.4 Å². The van der Waals surface area contributed by atoms with Gasteiger partial charge in [-0.05, 0) is 24.6 Å². The van der Waals surface area contributed by atoms with E-state index in [2.05, 4.69) is 0 Å². The molecule has 2 heterocycles. The highest BCUT2D eigenvalue weighted by Gasteiger charge is 2.60. The van der Waals surface area contributed by atoms with Gasteiger partial charge in [0, 0.05) is 17.9 Å². The van der Waals surface area contributed by atoms with Gasteiger partial charge in [0.05, 0.1) is 9.80 Å². The Labute approximate surface area is 152 Å². The van der Waals surface area contributed by atoms with Crippen LogP contribution in [-0.2, 0) is 20.9 Å². The fraction of sp³-hybridized carbons (Fsp3) is 0.467. The molecule has 2 aliphatic rings. The zero-order valence-electron chi connectivity index (χ0n) is 13.3. The summed E-state index contributed by atoms with van der Waals surface area (Å²) in [5.74, 6) is -0.462. The van der Waals surface area contributed by atoms with E-state index >= 15 is 0 Å². The van der Waals surface area contributed by atoms with Crippen molar-refractivity contribution in [3.8, 4) is 0 Å². The number of rotatable bonds is 4. The number of alkyl halides is 1. The van der Waals surface area contributed by atoms with Crippen LogP contribution in [0.1, 0.15) is 12.5 Å². The van der Waals surface area contributed by atoms with Crippen molar-refractivity contribution in [2.24, 2.45) is 5.73 Å². The third-order valence-corrected chi connectivity index (χ3v) is 6.38. The van der Waals surface area contributed by atoms with E-state index in [1.165, 1.54) is 40.9 Å². The Balaban J connectivity index is 1.68. The number of non-ortho nitro benzene ring substituents is 1. The predicted molar refractivity (Wildman–Crippen MR) is 92.0 cm³/mol. The number of carbonyl (C=O) groups is 2. The fourth-order valence-corrected chi connectivity index (χ4v) is 4.64. The quantitative estimate of drug-likeness (QED) is 0.272. The molecule has 1 aromatic rings. The normalized spacial score (nSPS) is 31.1. The first kappa shape index (κ1) is 18.0. The van der Waals surface area contributed by atoms with Crippen molar-refractivity contribution >= 4 is 40.9 Å². The minimum atomic E-state index is -0.955. The van der Waals surface area contributed by atoms with Crippen molar-refractivity contribution < 1.29 is 19.2 Å². The van der Waals surface area contributed by atoms with Gasteiger partial charge in [0.1, 0.15) is 18.0 Å². The summed E-state index contributed by atoms with van der Waals surface area (Å²) in [7, 11) is 0. The summed E-state index contributed by atoms with van der Waals surface area (Å²) in [6, 6.07) is 4.15. The Morgan fingerprint density at radius 3 is 2.76 bits per heavy atom. The Kier molecular flexibility index (Phi) is 4.65. The van der Waals surface area contributed by atoms with E-state index in [1.807, 2.05) is 0 Å². The second-order valence-corrected chi connectivity index (χ2v) is 8.15. The summed E-state index contributed by atoms with van der Waals surface area (Å²) in [5.41, 5.74) is 6.32. The smallest absolute Gasteiger partial charge is 0.331 e. The largest absolute Gasteiger partial charge is 0.459 e. The number of thioether (sulfide) groups is 1. The number of amides is 1. The molecule has 0 aliphatic carbocycles. The number of nitrogens with two attached hydrogens (primary N) is 1. The number of nitrogens with zero attached hydrogens (tertiary/aromatic N) is 2. The lowest BCUT2D eigenvalue weighted by Crippen LogP contribution is -2.77. The van der Waals surface area contributed by atoms with Crippen LogP contribution in [0, 0.1) is 10.1 Å². The van der Waals surface area contributed by atoms with E-state index in [0.717, 1.165) is 0 Å². The lowest BCUT2D eigenvalue weighted by Gasteiger charge is -2.55. The van der Waals surface area contributed by atoms with E-state index in [9.17, 15) is 19.7 Å². The number of ether oxygens (including phenoxy) is 1. The lowest BCUT2D eigenvalue weighted by atomic mass is 9.94. The van der Waals surface area contributed by atoms with Crippen LogP contribution < -0.4 is 5.73 Å². The molecule has 25 heavy (non-hydrogen) atoms. The van der Waals surface area contributed by atoms with E-state index in [4.69, 9.17) is 22.1 Å². The molecule has 3 rings (SSSR count). The van der Waals surface area contributed by atoms with Gasteiger partial charge in [0.25, 0.3) is 5.69 Å². The zero-order valence-corrected chi connectivity index (χ0v) is 14.8. The van der Waals surface area contributed by atoms with Crippen LogP contribution in [0.5, 0.6) is 0 Å². The molecule has 10 heteroatoms. The van der Waals surface area contributed by atoms with Gasteiger partial charge in [-0.25, -0.2) is 4.79 Å². The average Bonchev–Trinajstić information content (AvgIpc) is 2.58. The highest BCUT2D eigenvalue weighted by Crippen LogP contribution is 2.44. The van der Waals surface area contributed by atoms with E-state index < -0.39 is 27.9 Å². The van der Waals surface area contributed by atoms with E-state index in [1.54, 1.807) is 6.92 Å². The summed E-state index contributed by atoms with van der Waals surface area (Å²) >= 11 is 7.89.